The predicted octanol–water partition coefficient (Wildman–Crippen LogP) is 1.02. The van der Waals surface area contributed by atoms with Crippen LogP contribution in [0.1, 0.15) is 15.3 Å². The Bertz CT molecular complexity index is 361. The van der Waals surface area contributed by atoms with Crippen molar-refractivity contribution in [2.75, 3.05) is 0 Å². The number of hydrogen-bond acceptors (Lipinski definition) is 2. The molecule has 0 aliphatic rings. The van der Waals surface area contributed by atoms with Gasteiger partial charge >= 0.3 is 0 Å². The molecule has 3 nitrogen and oxygen atoms in total. The third-order valence-electron chi connectivity index (χ3n) is 1.34. The van der Waals surface area contributed by atoms with Crippen LogP contribution in [0.2, 0.25) is 0 Å². The van der Waals surface area contributed by atoms with Crippen LogP contribution in [0.5, 0.6) is 0 Å². The standard InChI is InChI=1S/C6H4BN3.C2H6.H2/c7-4-1-2-5-6(3-4)9-10-8-5;1-2;/h1-3H,(H,8,9,10);1-2H3;1H. The Morgan fingerprint density at radius 2 is 1.92 bits per heavy atom. The summed E-state index contributed by atoms with van der Waals surface area (Å²) in [5, 5.41) is 10.2. The van der Waals surface area contributed by atoms with Gasteiger partial charge in [0.1, 0.15) is 18.9 Å². The first-order valence-corrected chi connectivity index (χ1v) is 3.92. The molecule has 2 aromatic rings. The second kappa shape index (κ2) is 3.90. The molecule has 0 atom stereocenters. The maximum Gasteiger partial charge on any atom is 0.113 e. The van der Waals surface area contributed by atoms with Crippen molar-refractivity contribution in [3.8, 4) is 0 Å². The number of benzene rings is 1. The number of hydrogen-bond donors (Lipinski definition) is 1. The van der Waals surface area contributed by atoms with E-state index >= 15 is 0 Å². The highest BCUT2D eigenvalue weighted by Gasteiger charge is 1.94. The van der Waals surface area contributed by atoms with Gasteiger partial charge < -0.3 is 0 Å². The Labute approximate surface area is 74.1 Å². The fourth-order valence-electron chi connectivity index (χ4n) is 0.857. The van der Waals surface area contributed by atoms with Crippen LogP contribution in [0.4, 0.5) is 0 Å². The highest BCUT2D eigenvalue weighted by molar-refractivity contribution is 6.33. The van der Waals surface area contributed by atoms with E-state index in [1.54, 1.807) is 12.1 Å². The lowest BCUT2D eigenvalue weighted by Gasteiger charge is -1.87. The van der Waals surface area contributed by atoms with Crippen molar-refractivity contribution in [1.82, 2.24) is 15.4 Å². The summed E-state index contributed by atoms with van der Waals surface area (Å²) in [6.45, 7) is 4.00. The normalized spacial score (nSPS) is 9.17. The number of fused-ring (bicyclic) bond motifs is 1. The molecule has 2 radical (unpaired) electrons. The van der Waals surface area contributed by atoms with Crippen LogP contribution in [-0.2, 0) is 0 Å². The maximum atomic E-state index is 5.50. The number of aromatic amines is 1. The predicted molar refractivity (Wildman–Crippen MR) is 52.7 cm³/mol. The first kappa shape index (κ1) is 8.78. The molecule has 1 aromatic carbocycles. The van der Waals surface area contributed by atoms with E-state index in [1.807, 2.05) is 19.9 Å². The number of H-pyrrole nitrogens is 1. The van der Waals surface area contributed by atoms with Crippen LogP contribution >= 0.6 is 0 Å². The van der Waals surface area contributed by atoms with Crippen LogP contribution in [0.25, 0.3) is 11.0 Å². The zero-order chi connectivity index (χ0) is 8.97. The van der Waals surface area contributed by atoms with E-state index in [9.17, 15) is 0 Å². The minimum atomic E-state index is 0. The van der Waals surface area contributed by atoms with Crippen LogP contribution in [-0.4, -0.2) is 23.3 Å². The molecule has 12 heavy (non-hydrogen) atoms. The van der Waals surface area contributed by atoms with Gasteiger partial charge in [-0.3, -0.25) is 0 Å². The smallest absolute Gasteiger partial charge is 0.113 e. The van der Waals surface area contributed by atoms with E-state index < -0.39 is 0 Å². The second-order valence-corrected chi connectivity index (χ2v) is 2.07. The molecule has 62 valence electrons. The van der Waals surface area contributed by atoms with Gasteiger partial charge in [0, 0.05) is 1.43 Å². The summed E-state index contributed by atoms with van der Waals surface area (Å²) in [4.78, 5) is 0. The average molecular weight is 161 g/mol. The van der Waals surface area contributed by atoms with Crippen LogP contribution in [0.3, 0.4) is 0 Å². The van der Waals surface area contributed by atoms with Gasteiger partial charge in [-0.15, -0.1) is 0 Å². The van der Waals surface area contributed by atoms with E-state index in [-0.39, 0.29) is 1.43 Å². The van der Waals surface area contributed by atoms with Gasteiger partial charge in [0.05, 0.1) is 0 Å². The van der Waals surface area contributed by atoms with Gasteiger partial charge in [-0.2, -0.15) is 15.4 Å². The Hall–Kier alpha value is -1.32. The van der Waals surface area contributed by atoms with Crippen molar-refractivity contribution in [2.45, 2.75) is 13.8 Å². The molecule has 0 bridgehead atoms. The summed E-state index contributed by atoms with van der Waals surface area (Å²) < 4.78 is 0. The van der Waals surface area contributed by atoms with E-state index in [0.717, 1.165) is 11.0 Å². The maximum absolute atomic E-state index is 5.50. The van der Waals surface area contributed by atoms with Crippen molar-refractivity contribution in [1.29, 1.82) is 0 Å². The molecule has 0 fully saturated rings. The summed E-state index contributed by atoms with van der Waals surface area (Å²) >= 11 is 0. The highest BCUT2D eigenvalue weighted by Crippen LogP contribution is 2.02. The number of nitrogens with zero attached hydrogens (tertiary/aromatic N) is 2. The fraction of sp³-hybridized carbons (Fsp3) is 0.250. The lowest BCUT2D eigenvalue weighted by molar-refractivity contribution is 0.959. The monoisotopic (exact) mass is 161 g/mol. The lowest BCUT2D eigenvalue weighted by atomic mass is 9.96. The molecule has 1 aromatic heterocycles. The second-order valence-electron chi connectivity index (χ2n) is 2.07. The summed E-state index contributed by atoms with van der Waals surface area (Å²) in [5.74, 6) is 0. The van der Waals surface area contributed by atoms with Crippen molar-refractivity contribution in [2.24, 2.45) is 0 Å². The third-order valence-corrected chi connectivity index (χ3v) is 1.34. The summed E-state index contributed by atoms with van der Waals surface area (Å²) in [5.41, 5.74) is 2.36. The molecule has 0 aliphatic heterocycles. The minimum absolute atomic E-state index is 0. The van der Waals surface area contributed by atoms with Crippen molar-refractivity contribution < 1.29 is 1.43 Å². The molecule has 0 amide bonds. The molecule has 0 aliphatic carbocycles. The Balaban J connectivity index is 0.000000451. The third kappa shape index (κ3) is 1.64. The molecule has 0 unspecified atom stereocenters. The van der Waals surface area contributed by atoms with Gasteiger partial charge in [-0.1, -0.05) is 25.4 Å². The summed E-state index contributed by atoms with van der Waals surface area (Å²) in [6.07, 6.45) is 0. The summed E-state index contributed by atoms with van der Waals surface area (Å²) in [6, 6.07) is 5.40. The SMILES string of the molecule is CC.[B]c1ccc2n[nH]nc2c1.[HH]. The van der Waals surface area contributed by atoms with E-state index in [1.165, 1.54) is 0 Å². The molecule has 0 spiro atoms. The zero-order valence-electron chi connectivity index (χ0n) is 7.20. The van der Waals surface area contributed by atoms with Gasteiger partial charge in [-0.25, -0.2) is 0 Å². The topological polar surface area (TPSA) is 41.6 Å². The van der Waals surface area contributed by atoms with E-state index in [4.69, 9.17) is 7.85 Å². The molecule has 1 heterocycles. The Morgan fingerprint density at radius 1 is 1.25 bits per heavy atom. The minimum Gasteiger partial charge on any atom is -0.197 e. The molecular formula is C8H12BN3. The summed E-state index contributed by atoms with van der Waals surface area (Å²) in [7, 11) is 5.50. The van der Waals surface area contributed by atoms with Gasteiger partial charge in [0.25, 0.3) is 0 Å². The average Bonchev–Trinajstić information content (AvgIpc) is 2.54. The Kier molecular flexibility index (Phi) is 2.85. The lowest BCUT2D eigenvalue weighted by Crippen LogP contribution is -1.99. The van der Waals surface area contributed by atoms with Crippen molar-refractivity contribution in [3.63, 3.8) is 0 Å². The first-order chi connectivity index (χ1) is 5.86. The Morgan fingerprint density at radius 3 is 2.67 bits per heavy atom. The van der Waals surface area contributed by atoms with Gasteiger partial charge in [0.2, 0.25) is 0 Å². The van der Waals surface area contributed by atoms with Crippen LogP contribution in [0, 0.1) is 0 Å². The van der Waals surface area contributed by atoms with Crippen LogP contribution < -0.4 is 5.46 Å². The number of aromatic nitrogens is 3. The van der Waals surface area contributed by atoms with Gasteiger partial charge in [-0.05, 0) is 12.1 Å². The largest absolute Gasteiger partial charge is 0.197 e. The van der Waals surface area contributed by atoms with E-state index in [2.05, 4.69) is 15.4 Å². The van der Waals surface area contributed by atoms with Crippen molar-refractivity contribution >= 4 is 24.3 Å². The van der Waals surface area contributed by atoms with Crippen molar-refractivity contribution in [3.05, 3.63) is 18.2 Å². The fourth-order valence-corrected chi connectivity index (χ4v) is 0.857. The van der Waals surface area contributed by atoms with Gasteiger partial charge in [0.15, 0.2) is 0 Å². The molecule has 4 heteroatoms. The molecule has 1 N–H and O–H groups in total. The molecule has 2 rings (SSSR count). The number of nitrogens with one attached hydrogen (secondary N) is 1. The molecular weight excluding hydrogens is 149 g/mol. The quantitative estimate of drug-likeness (QED) is 0.586. The van der Waals surface area contributed by atoms with E-state index in [0.29, 0.717) is 5.46 Å². The highest BCUT2D eigenvalue weighted by atomic mass is 15.3. The number of rotatable bonds is 0. The first-order valence-electron chi connectivity index (χ1n) is 3.92. The zero-order valence-corrected chi connectivity index (χ0v) is 7.20. The molecule has 0 saturated carbocycles. The molecule has 0 saturated heterocycles. The van der Waals surface area contributed by atoms with Crippen LogP contribution in [0.15, 0.2) is 18.2 Å².